The molecule has 2 atom stereocenters. The van der Waals surface area contributed by atoms with Gasteiger partial charge in [-0.15, -0.1) is 0 Å². The van der Waals surface area contributed by atoms with Crippen LogP contribution >= 0.6 is 0 Å². The van der Waals surface area contributed by atoms with Gasteiger partial charge in [0.05, 0.1) is 11.6 Å². The van der Waals surface area contributed by atoms with Gasteiger partial charge in [0.2, 0.25) is 5.91 Å². The van der Waals surface area contributed by atoms with Gasteiger partial charge in [-0.2, -0.15) is 5.26 Å². The van der Waals surface area contributed by atoms with Crippen LogP contribution in [0.15, 0.2) is 41.2 Å². The van der Waals surface area contributed by atoms with Crippen molar-refractivity contribution in [1.29, 1.82) is 5.26 Å². The maximum Gasteiger partial charge on any atom is 0.250 e. The number of benzene rings is 1. The fourth-order valence-electron chi connectivity index (χ4n) is 5.94. The molecule has 5 rings (SSSR count). The molecule has 3 aliphatic heterocycles. The number of hydrogen-bond donors (Lipinski definition) is 0. The minimum atomic E-state index is 0.0612. The van der Waals surface area contributed by atoms with Gasteiger partial charge in [0, 0.05) is 74.5 Å². The normalized spacial score (nSPS) is 23.8. The van der Waals surface area contributed by atoms with Crippen LogP contribution < -0.4 is 5.56 Å². The number of carbonyl (C=O) groups excluding carboxylic acids is 1. The highest BCUT2D eigenvalue weighted by Crippen LogP contribution is 2.41. The molecular weight excluding hydrogens is 388 g/mol. The van der Waals surface area contributed by atoms with E-state index in [0.717, 1.165) is 68.8 Å². The Morgan fingerprint density at radius 2 is 1.81 bits per heavy atom. The number of pyridine rings is 1. The van der Waals surface area contributed by atoms with Crippen molar-refractivity contribution in [3.05, 3.63) is 58.0 Å². The Morgan fingerprint density at radius 3 is 2.55 bits per heavy atom. The monoisotopic (exact) mass is 416 g/mol. The number of hydrogen-bond acceptors (Lipinski definition) is 4. The maximum absolute atomic E-state index is 12.8. The summed E-state index contributed by atoms with van der Waals surface area (Å²) >= 11 is 0. The second-order valence-corrected chi connectivity index (χ2v) is 9.23. The van der Waals surface area contributed by atoms with E-state index < -0.39 is 0 Å². The number of nitrogens with zero attached hydrogens (tertiary/aromatic N) is 4. The SMILES string of the molecule is CC(=O)N1CCC(N2C[C@@H]3C[C@H](C2)c2c(-c4ccccc4C#N)ccc(=O)n2C3)CC1. The number of rotatable bonds is 2. The van der Waals surface area contributed by atoms with Gasteiger partial charge in [0.1, 0.15) is 0 Å². The van der Waals surface area contributed by atoms with Crippen molar-refractivity contribution in [3.8, 4) is 17.2 Å². The second kappa shape index (κ2) is 7.97. The Balaban J connectivity index is 1.48. The van der Waals surface area contributed by atoms with Crippen molar-refractivity contribution < 1.29 is 4.79 Å². The summed E-state index contributed by atoms with van der Waals surface area (Å²) in [7, 11) is 0. The zero-order valence-electron chi connectivity index (χ0n) is 18.0. The van der Waals surface area contributed by atoms with E-state index in [1.165, 1.54) is 0 Å². The van der Waals surface area contributed by atoms with Crippen molar-refractivity contribution >= 4 is 5.91 Å². The standard InChI is InChI=1S/C25H28N4O2/c1-17(30)27-10-8-21(9-11-27)28-14-18-12-20(16-28)25-23(6-7-24(31)29(25)15-18)22-5-3-2-4-19(22)13-26/h2-7,18,20-21H,8-12,14-16H2,1H3/t18-,20+/m0/s1. The first kappa shape index (κ1) is 20.0. The van der Waals surface area contributed by atoms with E-state index in [4.69, 9.17) is 0 Å². The minimum absolute atomic E-state index is 0.0612. The molecule has 2 aromatic rings. The Labute approximate surface area is 182 Å². The molecule has 1 aromatic carbocycles. The topological polar surface area (TPSA) is 69.3 Å². The van der Waals surface area contributed by atoms with Gasteiger partial charge in [-0.3, -0.25) is 14.5 Å². The third kappa shape index (κ3) is 3.57. The van der Waals surface area contributed by atoms with Gasteiger partial charge in [0.25, 0.3) is 5.56 Å². The van der Waals surface area contributed by atoms with Crippen LogP contribution in [0, 0.1) is 17.2 Å². The lowest BCUT2D eigenvalue weighted by Gasteiger charge is -2.48. The Kier molecular flexibility index (Phi) is 5.15. The van der Waals surface area contributed by atoms with Crippen LogP contribution in [-0.4, -0.2) is 52.5 Å². The van der Waals surface area contributed by atoms with Crippen molar-refractivity contribution in [2.24, 2.45) is 5.92 Å². The average Bonchev–Trinajstić information content (AvgIpc) is 2.79. The molecule has 160 valence electrons. The summed E-state index contributed by atoms with van der Waals surface area (Å²) in [6, 6.07) is 14.1. The van der Waals surface area contributed by atoms with Crippen molar-refractivity contribution in [3.63, 3.8) is 0 Å². The summed E-state index contributed by atoms with van der Waals surface area (Å²) < 4.78 is 1.97. The predicted molar refractivity (Wildman–Crippen MR) is 119 cm³/mol. The van der Waals surface area contributed by atoms with Crippen LogP contribution in [0.2, 0.25) is 0 Å². The number of amides is 1. The van der Waals surface area contributed by atoms with Gasteiger partial charge in [-0.25, -0.2) is 0 Å². The summed E-state index contributed by atoms with van der Waals surface area (Å²) in [6.45, 7) is 6.03. The third-order valence-corrected chi connectivity index (χ3v) is 7.38. The fraction of sp³-hybridized carbons (Fsp3) is 0.480. The quantitative estimate of drug-likeness (QED) is 0.755. The molecule has 4 heterocycles. The number of nitriles is 1. The molecule has 2 bridgehead atoms. The van der Waals surface area contributed by atoms with Crippen LogP contribution in [0.25, 0.3) is 11.1 Å². The largest absolute Gasteiger partial charge is 0.343 e. The number of piperidine rings is 2. The first-order valence-electron chi connectivity index (χ1n) is 11.3. The predicted octanol–water partition coefficient (Wildman–Crippen LogP) is 2.82. The molecule has 1 aromatic heterocycles. The molecular formula is C25H28N4O2. The van der Waals surface area contributed by atoms with Crippen molar-refractivity contribution in [1.82, 2.24) is 14.4 Å². The zero-order valence-corrected chi connectivity index (χ0v) is 18.0. The lowest BCUT2D eigenvalue weighted by atomic mass is 9.79. The zero-order chi connectivity index (χ0) is 21.5. The van der Waals surface area contributed by atoms with Gasteiger partial charge < -0.3 is 9.47 Å². The van der Waals surface area contributed by atoms with E-state index in [2.05, 4.69) is 11.0 Å². The summed E-state index contributed by atoms with van der Waals surface area (Å²) in [6.07, 6.45) is 3.13. The first-order chi connectivity index (χ1) is 15.0. The molecule has 1 amide bonds. The second-order valence-electron chi connectivity index (χ2n) is 9.23. The molecule has 0 saturated carbocycles. The molecule has 0 spiro atoms. The number of likely N-dealkylation sites (tertiary alicyclic amines) is 2. The lowest BCUT2D eigenvalue weighted by Crippen LogP contribution is -2.53. The molecule has 2 fully saturated rings. The highest BCUT2D eigenvalue weighted by Gasteiger charge is 2.39. The number of fused-ring (bicyclic) bond motifs is 4. The van der Waals surface area contributed by atoms with Gasteiger partial charge in [-0.1, -0.05) is 18.2 Å². The maximum atomic E-state index is 12.8. The van der Waals surface area contributed by atoms with Crippen LogP contribution in [0.1, 0.15) is 43.4 Å². The molecule has 6 heteroatoms. The molecule has 6 nitrogen and oxygen atoms in total. The molecule has 0 aliphatic carbocycles. The minimum Gasteiger partial charge on any atom is -0.343 e. The van der Waals surface area contributed by atoms with Crippen LogP contribution in [-0.2, 0) is 11.3 Å². The van der Waals surface area contributed by atoms with Gasteiger partial charge in [-0.05, 0) is 37.3 Å². The van der Waals surface area contributed by atoms with E-state index in [-0.39, 0.29) is 17.4 Å². The van der Waals surface area contributed by atoms with E-state index in [9.17, 15) is 14.9 Å². The molecule has 0 unspecified atom stereocenters. The first-order valence-corrected chi connectivity index (χ1v) is 11.3. The van der Waals surface area contributed by atoms with Crippen molar-refractivity contribution in [2.45, 2.75) is 44.7 Å². The van der Waals surface area contributed by atoms with Gasteiger partial charge in [0.15, 0.2) is 0 Å². The van der Waals surface area contributed by atoms with Crippen LogP contribution in [0.4, 0.5) is 0 Å². The average molecular weight is 417 g/mol. The third-order valence-electron chi connectivity index (χ3n) is 7.38. The Bertz CT molecular complexity index is 1110. The van der Waals surface area contributed by atoms with E-state index >= 15 is 0 Å². The Hall–Kier alpha value is -2.91. The van der Waals surface area contributed by atoms with Crippen molar-refractivity contribution in [2.75, 3.05) is 26.2 Å². The van der Waals surface area contributed by atoms with E-state index in [0.29, 0.717) is 17.5 Å². The summed E-state index contributed by atoms with van der Waals surface area (Å²) in [4.78, 5) is 29.0. The smallest absolute Gasteiger partial charge is 0.250 e. The van der Waals surface area contributed by atoms with Crippen LogP contribution in [0.5, 0.6) is 0 Å². The molecule has 3 aliphatic rings. The summed E-state index contributed by atoms with van der Waals surface area (Å²) in [5.74, 6) is 0.924. The highest BCUT2D eigenvalue weighted by molar-refractivity contribution is 5.73. The molecule has 0 radical (unpaired) electrons. The number of carbonyl (C=O) groups is 1. The Morgan fingerprint density at radius 1 is 1.03 bits per heavy atom. The molecule has 31 heavy (non-hydrogen) atoms. The number of aromatic nitrogens is 1. The molecule has 0 N–H and O–H groups in total. The van der Waals surface area contributed by atoms with Crippen LogP contribution in [0.3, 0.4) is 0 Å². The van der Waals surface area contributed by atoms with E-state index in [1.807, 2.05) is 39.8 Å². The summed E-state index contributed by atoms with van der Waals surface area (Å²) in [5, 5.41) is 9.63. The molecule has 2 saturated heterocycles. The highest BCUT2D eigenvalue weighted by atomic mass is 16.2. The lowest BCUT2D eigenvalue weighted by molar-refractivity contribution is -0.130. The fourth-order valence-corrected chi connectivity index (χ4v) is 5.94. The van der Waals surface area contributed by atoms with Gasteiger partial charge >= 0.3 is 0 Å². The van der Waals surface area contributed by atoms with E-state index in [1.54, 1.807) is 13.0 Å². The summed E-state index contributed by atoms with van der Waals surface area (Å²) in [5.41, 5.74) is 3.74.